The van der Waals surface area contributed by atoms with Crippen LogP contribution in [0.2, 0.25) is 10.0 Å². The van der Waals surface area contributed by atoms with Crippen molar-refractivity contribution < 1.29 is 18.7 Å². The van der Waals surface area contributed by atoms with Crippen LogP contribution >= 0.6 is 23.2 Å². The van der Waals surface area contributed by atoms with Gasteiger partial charge in [-0.05, 0) is 56.2 Å². The molecule has 0 aliphatic heterocycles. The fraction of sp³-hybridized carbons (Fsp3) is 0.208. The van der Waals surface area contributed by atoms with Crippen molar-refractivity contribution in [1.82, 2.24) is 5.43 Å². The van der Waals surface area contributed by atoms with Gasteiger partial charge in [0.2, 0.25) is 0 Å². The molecule has 0 atom stereocenters. The first-order valence-corrected chi connectivity index (χ1v) is 11.0. The third kappa shape index (κ3) is 4.89. The number of carbonyl (C=O) groups is 2. The van der Waals surface area contributed by atoms with E-state index in [1.165, 1.54) is 7.11 Å². The first kappa shape index (κ1) is 22.9. The normalized spacial score (nSPS) is 14.0. The number of nitrogens with one attached hydrogen (secondary N) is 2. The highest BCUT2D eigenvalue weighted by Crippen LogP contribution is 2.31. The Hall–Kier alpha value is -3.29. The quantitative estimate of drug-likeness (QED) is 0.458. The summed E-state index contributed by atoms with van der Waals surface area (Å²) in [7, 11) is 1.54. The minimum atomic E-state index is -0.425. The molecule has 1 aliphatic carbocycles. The van der Waals surface area contributed by atoms with Crippen molar-refractivity contribution in [2.45, 2.75) is 26.2 Å². The summed E-state index contributed by atoms with van der Waals surface area (Å²) in [5.74, 6) is 0.647. The molecule has 2 aromatic carbocycles. The van der Waals surface area contributed by atoms with Gasteiger partial charge in [0.25, 0.3) is 11.8 Å². The van der Waals surface area contributed by atoms with Crippen molar-refractivity contribution in [2.24, 2.45) is 5.10 Å². The van der Waals surface area contributed by atoms with E-state index in [4.69, 9.17) is 32.4 Å². The fourth-order valence-electron chi connectivity index (χ4n) is 3.71. The summed E-state index contributed by atoms with van der Waals surface area (Å²) in [5.41, 5.74) is 5.53. The van der Waals surface area contributed by atoms with Crippen LogP contribution in [-0.4, -0.2) is 24.6 Å². The monoisotopic (exact) mass is 485 g/mol. The largest absolute Gasteiger partial charge is 0.497 e. The summed E-state index contributed by atoms with van der Waals surface area (Å²) in [5, 5.41) is 7.90. The van der Waals surface area contributed by atoms with E-state index in [9.17, 15) is 9.59 Å². The summed E-state index contributed by atoms with van der Waals surface area (Å²) in [4.78, 5) is 25.4. The molecule has 0 spiro atoms. The first-order valence-electron chi connectivity index (χ1n) is 10.3. The summed E-state index contributed by atoms with van der Waals surface area (Å²) in [6, 6.07) is 11.6. The molecule has 0 fully saturated rings. The number of anilines is 1. The number of halogens is 2. The second kappa shape index (κ2) is 9.68. The molecule has 1 aromatic heterocycles. The number of hydrazone groups is 1. The van der Waals surface area contributed by atoms with Crippen molar-refractivity contribution in [3.05, 3.63) is 80.7 Å². The minimum absolute atomic E-state index is 0.180. The van der Waals surface area contributed by atoms with E-state index in [0.29, 0.717) is 56.9 Å². The highest BCUT2D eigenvalue weighted by molar-refractivity contribution is 6.36. The Balaban J connectivity index is 1.56. The molecule has 1 aliphatic rings. The molecule has 0 bridgehead atoms. The smallest absolute Gasteiger partial charge is 0.291 e. The number of carbonyl (C=O) groups excluding carboxylic acids is 2. The molecule has 1 heterocycles. The minimum Gasteiger partial charge on any atom is -0.497 e. The maximum Gasteiger partial charge on any atom is 0.291 e. The van der Waals surface area contributed by atoms with Crippen LogP contribution in [0.25, 0.3) is 0 Å². The lowest BCUT2D eigenvalue weighted by molar-refractivity contribution is 0.0953. The van der Waals surface area contributed by atoms with Gasteiger partial charge < -0.3 is 14.5 Å². The number of furan rings is 1. The van der Waals surface area contributed by atoms with Crippen molar-refractivity contribution >= 4 is 46.4 Å². The predicted molar refractivity (Wildman–Crippen MR) is 128 cm³/mol. The average molecular weight is 486 g/mol. The number of hydrogen-bond donors (Lipinski definition) is 2. The fourth-order valence-corrected chi connectivity index (χ4v) is 4.17. The molecule has 9 heteroatoms. The van der Waals surface area contributed by atoms with Gasteiger partial charge in [0, 0.05) is 28.1 Å². The number of amides is 2. The number of hydrogen-bond acceptors (Lipinski definition) is 5. The lowest BCUT2D eigenvalue weighted by atomic mass is 9.93. The zero-order chi connectivity index (χ0) is 23.5. The zero-order valence-electron chi connectivity index (χ0n) is 18.0. The van der Waals surface area contributed by atoms with Gasteiger partial charge in [0.15, 0.2) is 5.76 Å². The Morgan fingerprint density at radius 1 is 1.09 bits per heavy atom. The van der Waals surface area contributed by atoms with E-state index < -0.39 is 5.91 Å². The molecule has 170 valence electrons. The maximum atomic E-state index is 12.9. The molecule has 4 rings (SSSR count). The Morgan fingerprint density at radius 3 is 2.67 bits per heavy atom. The number of aryl methyl sites for hydroxylation is 1. The zero-order valence-corrected chi connectivity index (χ0v) is 19.5. The Morgan fingerprint density at radius 2 is 1.91 bits per heavy atom. The van der Waals surface area contributed by atoms with Gasteiger partial charge in [-0.2, -0.15) is 5.10 Å². The third-order valence-corrected chi connectivity index (χ3v) is 5.88. The number of benzene rings is 2. The molecule has 2 amide bonds. The second-order valence-corrected chi connectivity index (χ2v) is 8.36. The van der Waals surface area contributed by atoms with Gasteiger partial charge in [0.1, 0.15) is 11.5 Å². The highest BCUT2D eigenvalue weighted by atomic mass is 35.5. The molecule has 33 heavy (non-hydrogen) atoms. The molecular weight excluding hydrogens is 465 g/mol. The second-order valence-electron chi connectivity index (χ2n) is 7.52. The summed E-state index contributed by atoms with van der Waals surface area (Å²) in [6.07, 6.45) is 2.11. The molecule has 0 unspecified atom stereocenters. The van der Waals surface area contributed by atoms with E-state index in [1.54, 1.807) is 49.4 Å². The van der Waals surface area contributed by atoms with Gasteiger partial charge in [-0.15, -0.1) is 0 Å². The lowest BCUT2D eigenvalue weighted by Gasteiger charge is -2.13. The van der Waals surface area contributed by atoms with Gasteiger partial charge in [0.05, 0.1) is 23.5 Å². The van der Waals surface area contributed by atoms with Crippen LogP contribution < -0.4 is 15.5 Å². The van der Waals surface area contributed by atoms with E-state index in [1.807, 2.05) is 0 Å². The summed E-state index contributed by atoms with van der Waals surface area (Å²) >= 11 is 12.1. The van der Waals surface area contributed by atoms with Gasteiger partial charge >= 0.3 is 0 Å². The number of ether oxygens (including phenoxy) is 1. The number of methoxy groups -OCH3 is 1. The van der Waals surface area contributed by atoms with E-state index in [0.717, 1.165) is 12.0 Å². The Labute approximate surface area is 200 Å². The number of nitrogens with zero attached hydrogens (tertiary/aromatic N) is 1. The molecule has 0 radical (unpaired) electrons. The van der Waals surface area contributed by atoms with Crippen LogP contribution in [-0.2, 0) is 6.42 Å². The Kier molecular flexibility index (Phi) is 6.72. The molecule has 0 saturated carbocycles. The van der Waals surface area contributed by atoms with Crippen LogP contribution in [0.5, 0.6) is 5.75 Å². The maximum absolute atomic E-state index is 12.9. The summed E-state index contributed by atoms with van der Waals surface area (Å²) in [6.45, 7) is 1.80. The summed E-state index contributed by atoms with van der Waals surface area (Å²) < 4.78 is 11.1. The molecular formula is C24H21Cl2N3O4. The van der Waals surface area contributed by atoms with Crippen molar-refractivity contribution in [3.63, 3.8) is 0 Å². The average Bonchev–Trinajstić information content (AvgIpc) is 3.16. The Bertz CT molecular complexity index is 1270. The number of fused-ring (bicyclic) bond motifs is 1. The van der Waals surface area contributed by atoms with E-state index in [2.05, 4.69) is 15.8 Å². The van der Waals surface area contributed by atoms with Gasteiger partial charge in [-0.25, -0.2) is 5.43 Å². The number of rotatable bonds is 5. The van der Waals surface area contributed by atoms with Crippen LogP contribution in [0.3, 0.4) is 0 Å². The molecule has 0 saturated heterocycles. The van der Waals surface area contributed by atoms with Crippen LogP contribution in [0.1, 0.15) is 50.6 Å². The molecule has 7 nitrogen and oxygen atoms in total. The lowest BCUT2D eigenvalue weighted by Crippen LogP contribution is -2.22. The topological polar surface area (TPSA) is 92.9 Å². The first-order chi connectivity index (χ1) is 15.9. The van der Waals surface area contributed by atoms with E-state index >= 15 is 0 Å². The standard InChI is InChI=1S/C24H21Cl2N3O4/c1-13-21-19(28-29-23(30)14-5-3-6-16(11-14)32-2)7-4-8-20(21)33-22(13)24(31)27-18-10-9-15(25)12-17(18)26/h3,5-6,9-12H,4,7-8H2,1-2H3,(H,27,31)(H,29,30)/b28-19+. The molecule has 2 N–H and O–H groups in total. The van der Waals surface area contributed by atoms with Crippen molar-refractivity contribution in [2.75, 3.05) is 12.4 Å². The van der Waals surface area contributed by atoms with Crippen molar-refractivity contribution in [1.29, 1.82) is 0 Å². The molecule has 3 aromatic rings. The SMILES string of the molecule is COc1cccc(C(=O)N/N=C2\CCCc3oc(C(=O)Nc4ccc(Cl)cc4Cl)c(C)c32)c1. The highest BCUT2D eigenvalue weighted by Gasteiger charge is 2.28. The van der Waals surface area contributed by atoms with Gasteiger partial charge in [-0.3, -0.25) is 9.59 Å². The van der Waals surface area contributed by atoms with E-state index in [-0.39, 0.29) is 11.7 Å². The van der Waals surface area contributed by atoms with Crippen LogP contribution in [0.15, 0.2) is 52.0 Å². The van der Waals surface area contributed by atoms with Crippen molar-refractivity contribution in [3.8, 4) is 5.75 Å². The van der Waals surface area contributed by atoms with Crippen LogP contribution in [0, 0.1) is 6.92 Å². The van der Waals surface area contributed by atoms with Gasteiger partial charge in [-0.1, -0.05) is 29.3 Å². The van der Waals surface area contributed by atoms with Crippen LogP contribution in [0.4, 0.5) is 5.69 Å². The third-order valence-electron chi connectivity index (χ3n) is 5.34. The predicted octanol–water partition coefficient (Wildman–Crippen LogP) is 5.63.